The molecule has 1 amide bonds. The van der Waals surface area contributed by atoms with Crippen molar-refractivity contribution < 1.29 is 19.0 Å². The van der Waals surface area contributed by atoms with Gasteiger partial charge in [-0.25, -0.2) is 0 Å². The predicted molar refractivity (Wildman–Crippen MR) is 113 cm³/mol. The molecule has 2 aromatic rings. The molecule has 0 atom stereocenters. The largest absolute Gasteiger partial charge is 0.496 e. The Morgan fingerprint density at radius 2 is 1.79 bits per heavy atom. The van der Waals surface area contributed by atoms with Crippen molar-refractivity contribution in [2.75, 3.05) is 40.5 Å². The highest BCUT2D eigenvalue weighted by atomic mass is 79.9. The van der Waals surface area contributed by atoms with Crippen LogP contribution < -0.4 is 19.5 Å². The molecule has 0 radical (unpaired) electrons. The van der Waals surface area contributed by atoms with Gasteiger partial charge in [0.1, 0.15) is 23.9 Å². The third-order valence-corrected chi connectivity index (χ3v) is 4.42. The first kappa shape index (κ1) is 22.0. The number of benzene rings is 2. The first-order valence-corrected chi connectivity index (χ1v) is 9.94. The molecule has 2 aromatic carbocycles. The van der Waals surface area contributed by atoms with Crippen molar-refractivity contribution in [3.05, 3.63) is 52.5 Å². The van der Waals surface area contributed by atoms with Crippen LogP contribution in [0.2, 0.25) is 0 Å². The SMILES string of the molecule is CCOc1ccc(OCCNC(=O)CN(C)Cc2cc(Br)ccc2OC)cc1. The zero-order valence-electron chi connectivity index (χ0n) is 16.5. The highest BCUT2D eigenvalue weighted by molar-refractivity contribution is 9.10. The van der Waals surface area contributed by atoms with Crippen LogP contribution in [-0.2, 0) is 11.3 Å². The zero-order chi connectivity index (χ0) is 20.4. The maximum absolute atomic E-state index is 12.1. The van der Waals surface area contributed by atoms with Crippen LogP contribution in [0.1, 0.15) is 12.5 Å². The van der Waals surface area contributed by atoms with E-state index in [1.165, 1.54) is 0 Å². The number of carbonyl (C=O) groups is 1. The van der Waals surface area contributed by atoms with Gasteiger partial charge in [0.25, 0.3) is 0 Å². The Bertz CT molecular complexity index is 753. The number of rotatable bonds is 11. The van der Waals surface area contributed by atoms with Crippen molar-refractivity contribution in [3.8, 4) is 17.2 Å². The molecule has 28 heavy (non-hydrogen) atoms. The molecule has 0 aliphatic heterocycles. The van der Waals surface area contributed by atoms with Crippen LogP contribution in [0.25, 0.3) is 0 Å². The van der Waals surface area contributed by atoms with Crippen LogP contribution in [0.5, 0.6) is 17.2 Å². The fourth-order valence-electron chi connectivity index (χ4n) is 2.68. The minimum atomic E-state index is -0.0493. The van der Waals surface area contributed by atoms with E-state index in [4.69, 9.17) is 14.2 Å². The van der Waals surface area contributed by atoms with Crippen molar-refractivity contribution in [2.24, 2.45) is 0 Å². The lowest BCUT2D eigenvalue weighted by molar-refractivity contribution is -0.122. The fraction of sp³-hybridized carbons (Fsp3) is 0.381. The maximum atomic E-state index is 12.1. The summed E-state index contributed by atoms with van der Waals surface area (Å²) in [5.74, 6) is 2.32. The number of likely N-dealkylation sites (N-methyl/N-ethyl adjacent to an activating group) is 1. The Morgan fingerprint density at radius 1 is 1.11 bits per heavy atom. The molecule has 1 N–H and O–H groups in total. The van der Waals surface area contributed by atoms with E-state index >= 15 is 0 Å². The van der Waals surface area contributed by atoms with Crippen LogP contribution in [0.4, 0.5) is 0 Å². The van der Waals surface area contributed by atoms with Gasteiger partial charge in [0.2, 0.25) is 5.91 Å². The summed E-state index contributed by atoms with van der Waals surface area (Å²) in [6.45, 7) is 4.33. The van der Waals surface area contributed by atoms with E-state index in [9.17, 15) is 4.79 Å². The Kier molecular flexibility index (Phi) is 9.10. The molecule has 0 fully saturated rings. The number of amides is 1. The van der Waals surface area contributed by atoms with E-state index in [1.807, 2.05) is 61.3 Å². The lowest BCUT2D eigenvalue weighted by Gasteiger charge is -2.18. The van der Waals surface area contributed by atoms with E-state index in [1.54, 1.807) is 7.11 Å². The van der Waals surface area contributed by atoms with Gasteiger partial charge < -0.3 is 19.5 Å². The smallest absolute Gasteiger partial charge is 0.234 e. The molecule has 7 heteroatoms. The molecule has 0 aliphatic rings. The first-order valence-electron chi connectivity index (χ1n) is 9.15. The third kappa shape index (κ3) is 7.40. The molecule has 0 heterocycles. The number of hydrogen-bond donors (Lipinski definition) is 1. The van der Waals surface area contributed by atoms with Gasteiger partial charge in [-0.15, -0.1) is 0 Å². The average Bonchev–Trinajstić information content (AvgIpc) is 2.67. The van der Waals surface area contributed by atoms with Crippen LogP contribution in [0.3, 0.4) is 0 Å². The van der Waals surface area contributed by atoms with Crippen LogP contribution in [0, 0.1) is 0 Å². The Morgan fingerprint density at radius 3 is 2.43 bits per heavy atom. The van der Waals surface area contributed by atoms with Gasteiger partial charge in [0.15, 0.2) is 0 Å². The molecule has 0 aliphatic carbocycles. The second-order valence-electron chi connectivity index (χ2n) is 6.23. The lowest BCUT2D eigenvalue weighted by Crippen LogP contribution is -2.36. The second kappa shape index (κ2) is 11.6. The number of hydrogen-bond acceptors (Lipinski definition) is 5. The molecular formula is C21H27BrN2O4. The number of halogens is 1. The van der Waals surface area contributed by atoms with Gasteiger partial charge in [-0.1, -0.05) is 15.9 Å². The summed E-state index contributed by atoms with van der Waals surface area (Å²) in [5, 5.41) is 2.87. The molecule has 0 bridgehead atoms. The number of ether oxygens (including phenoxy) is 3. The Labute approximate surface area is 174 Å². The molecule has 0 saturated heterocycles. The summed E-state index contributed by atoms with van der Waals surface area (Å²) >= 11 is 3.47. The van der Waals surface area contributed by atoms with Crippen molar-refractivity contribution in [2.45, 2.75) is 13.5 Å². The molecule has 2 rings (SSSR count). The van der Waals surface area contributed by atoms with Gasteiger partial charge in [-0.05, 0) is 56.4 Å². The highest BCUT2D eigenvalue weighted by Crippen LogP contribution is 2.24. The van der Waals surface area contributed by atoms with Crippen molar-refractivity contribution in [3.63, 3.8) is 0 Å². The molecule has 0 aromatic heterocycles. The number of nitrogens with one attached hydrogen (secondary N) is 1. The zero-order valence-corrected chi connectivity index (χ0v) is 18.1. The number of nitrogens with zero attached hydrogens (tertiary/aromatic N) is 1. The summed E-state index contributed by atoms with van der Waals surface area (Å²) in [4.78, 5) is 14.1. The van der Waals surface area contributed by atoms with E-state index in [0.29, 0.717) is 32.8 Å². The number of methoxy groups -OCH3 is 1. The standard InChI is InChI=1S/C21H27BrN2O4/c1-4-27-18-6-8-19(9-7-18)28-12-11-23-21(25)15-24(2)14-16-13-17(22)5-10-20(16)26-3/h5-10,13H,4,11-12,14-15H2,1-3H3,(H,23,25). The van der Waals surface area contributed by atoms with E-state index in [-0.39, 0.29) is 5.91 Å². The van der Waals surface area contributed by atoms with Crippen molar-refractivity contribution in [1.82, 2.24) is 10.2 Å². The minimum absolute atomic E-state index is 0.0493. The monoisotopic (exact) mass is 450 g/mol. The first-order chi connectivity index (χ1) is 13.5. The summed E-state index contributed by atoms with van der Waals surface area (Å²) < 4.78 is 17.4. The van der Waals surface area contributed by atoms with Gasteiger partial charge in [0.05, 0.1) is 26.8 Å². The van der Waals surface area contributed by atoms with E-state index in [0.717, 1.165) is 27.3 Å². The number of carbonyl (C=O) groups excluding carboxylic acids is 1. The van der Waals surface area contributed by atoms with E-state index in [2.05, 4.69) is 21.2 Å². The van der Waals surface area contributed by atoms with Crippen molar-refractivity contribution in [1.29, 1.82) is 0 Å². The predicted octanol–water partition coefficient (Wildman–Crippen LogP) is 3.48. The molecule has 6 nitrogen and oxygen atoms in total. The van der Waals surface area contributed by atoms with Gasteiger partial charge in [0, 0.05) is 16.6 Å². The molecule has 0 saturated carbocycles. The second-order valence-corrected chi connectivity index (χ2v) is 7.15. The summed E-state index contributed by atoms with van der Waals surface area (Å²) in [6.07, 6.45) is 0. The summed E-state index contributed by atoms with van der Waals surface area (Å²) in [6, 6.07) is 13.3. The summed E-state index contributed by atoms with van der Waals surface area (Å²) in [5.41, 5.74) is 1.02. The third-order valence-electron chi connectivity index (χ3n) is 3.92. The highest BCUT2D eigenvalue weighted by Gasteiger charge is 2.10. The minimum Gasteiger partial charge on any atom is -0.496 e. The van der Waals surface area contributed by atoms with Crippen LogP contribution in [-0.4, -0.2) is 51.3 Å². The molecular weight excluding hydrogens is 424 g/mol. The molecule has 0 spiro atoms. The molecule has 152 valence electrons. The quantitative estimate of drug-likeness (QED) is 0.531. The Balaban J connectivity index is 1.70. The van der Waals surface area contributed by atoms with Crippen LogP contribution in [0.15, 0.2) is 46.9 Å². The van der Waals surface area contributed by atoms with Gasteiger partial charge >= 0.3 is 0 Å². The lowest BCUT2D eigenvalue weighted by atomic mass is 10.2. The van der Waals surface area contributed by atoms with E-state index < -0.39 is 0 Å². The Hall–Kier alpha value is -2.25. The topological polar surface area (TPSA) is 60.0 Å². The maximum Gasteiger partial charge on any atom is 0.234 e. The van der Waals surface area contributed by atoms with Crippen molar-refractivity contribution >= 4 is 21.8 Å². The normalized spacial score (nSPS) is 10.6. The average molecular weight is 451 g/mol. The van der Waals surface area contributed by atoms with Gasteiger partial charge in [-0.2, -0.15) is 0 Å². The fourth-order valence-corrected chi connectivity index (χ4v) is 3.09. The molecule has 0 unspecified atom stereocenters. The van der Waals surface area contributed by atoms with Gasteiger partial charge in [-0.3, -0.25) is 9.69 Å². The summed E-state index contributed by atoms with van der Waals surface area (Å²) in [7, 11) is 3.54. The van der Waals surface area contributed by atoms with Crippen LogP contribution >= 0.6 is 15.9 Å².